The van der Waals surface area contributed by atoms with E-state index in [1.807, 2.05) is 33.8 Å². The quantitative estimate of drug-likeness (QED) is 0.754. The van der Waals surface area contributed by atoms with Crippen LogP contribution in [0, 0.1) is 6.92 Å². The highest BCUT2D eigenvalue weighted by atomic mass is 16.5. The van der Waals surface area contributed by atoms with Gasteiger partial charge >= 0.3 is 0 Å². The summed E-state index contributed by atoms with van der Waals surface area (Å²) in [7, 11) is 1.61. The van der Waals surface area contributed by atoms with Gasteiger partial charge in [-0.3, -0.25) is 4.79 Å². The van der Waals surface area contributed by atoms with Crippen molar-refractivity contribution in [3.8, 4) is 5.75 Å². The molecule has 0 spiro atoms. The number of carbonyl (C=O) groups excluding carboxylic acids is 1. The maximum atomic E-state index is 11.9. The van der Waals surface area contributed by atoms with Gasteiger partial charge in [-0.15, -0.1) is 0 Å². The molecule has 94 valence electrons. The number of aryl methyl sites for hydroxylation is 1. The second-order valence-electron chi connectivity index (χ2n) is 5.01. The molecular formula is C14H20O3. The van der Waals surface area contributed by atoms with Gasteiger partial charge in [0, 0.05) is 5.56 Å². The van der Waals surface area contributed by atoms with E-state index in [1.54, 1.807) is 19.2 Å². The van der Waals surface area contributed by atoms with Crippen LogP contribution in [0.5, 0.6) is 5.75 Å². The fraction of sp³-hybridized carbons (Fsp3) is 0.500. The van der Waals surface area contributed by atoms with E-state index >= 15 is 0 Å². The van der Waals surface area contributed by atoms with Crippen LogP contribution in [-0.4, -0.2) is 25.1 Å². The molecule has 0 aliphatic heterocycles. The first kappa shape index (κ1) is 13.7. The van der Waals surface area contributed by atoms with Crippen molar-refractivity contribution in [2.24, 2.45) is 0 Å². The summed E-state index contributed by atoms with van der Waals surface area (Å²) < 4.78 is 10.6. The normalized spacial score (nSPS) is 11.4. The first-order valence-electron chi connectivity index (χ1n) is 5.65. The molecule has 0 unspecified atom stereocenters. The summed E-state index contributed by atoms with van der Waals surface area (Å²) >= 11 is 0. The molecule has 0 aliphatic carbocycles. The standard InChI is InChI=1S/C14H20O3/c1-10-8-11(16-5)6-7-12(10)13(15)9-17-14(2,3)4/h6-8H,9H2,1-5H3. The smallest absolute Gasteiger partial charge is 0.188 e. The van der Waals surface area contributed by atoms with Gasteiger partial charge in [-0.1, -0.05) is 0 Å². The average Bonchev–Trinajstić information content (AvgIpc) is 2.24. The van der Waals surface area contributed by atoms with Crippen LogP contribution in [0.1, 0.15) is 36.7 Å². The number of ketones is 1. The number of ether oxygens (including phenoxy) is 2. The molecule has 0 saturated carbocycles. The van der Waals surface area contributed by atoms with Gasteiger partial charge < -0.3 is 9.47 Å². The molecule has 0 fully saturated rings. The van der Waals surface area contributed by atoms with E-state index in [4.69, 9.17) is 9.47 Å². The van der Waals surface area contributed by atoms with Crippen molar-refractivity contribution in [3.63, 3.8) is 0 Å². The minimum Gasteiger partial charge on any atom is -0.497 e. The molecule has 0 aromatic heterocycles. The predicted octanol–water partition coefficient (Wildman–Crippen LogP) is 3.00. The zero-order valence-electron chi connectivity index (χ0n) is 11.2. The summed E-state index contributed by atoms with van der Waals surface area (Å²) in [5.41, 5.74) is 1.30. The summed E-state index contributed by atoms with van der Waals surface area (Å²) in [6, 6.07) is 5.42. The first-order valence-corrected chi connectivity index (χ1v) is 5.65. The average molecular weight is 236 g/mol. The Hall–Kier alpha value is -1.35. The Balaban J connectivity index is 2.76. The lowest BCUT2D eigenvalue weighted by atomic mass is 10.0. The number of methoxy groups -OCH3 is 1. The molecule has 1 aromatic rings. The van der Waals surface area contributed by atoms with Gasteiger partial charge in [0.1, 0.15) is 12.4 Å². The zero-order valence-corrected chi connectivity index (χ0v) is 11.2. The maximum Gasteiger partial charge on any atom is 0.188 e. The van der Waals surface area contributed by atoms with Crippen LogP contribution in [-0.2, 0) is 4.74 Å². The molecule has 3 heteroatoms. The molecule has 0 atom stereocenters. The van der Waals surface area contributed by atoms with Crippen molar-refractivity contribution in [2.75, 3.05) is 13.7 Å². The van der Waals surface area contributed by atoms with Gasteiger partial charge in [-0.25, -0.2) is 0 Å². The summed E-state index contributed by atoms with van der Waals surface area (Å²) in [6.07, 6.45) is 0. The van der Waals surface area contributed by atoms with Crippen molar-refractivity contribution in [1.82, 2.24) is 0 Å². The molecule has 17 heavy (non-hydrogen) atoms. The number of Topliss-reactive ketones (excluding diaryl/α,β-unsaturated/α-hetero) is 1. The van der Waals surface area contributed by atoms with Crippen LogP contribution in [0.25, 0.3) is 0 Å². The van der Waals surface area contributed by atoms with Crippen molar-refractivity contribution >= 4 is 5.78 Å². The van der Waals surface area contributed by atoms with Crippen molar-refractivity contribution in [3.05, 3.63) is 29.3 Å². The molecule has 0 N–H and O–H groups in total. The van der Waals surface area contributed by atoms with E-state index in [1.165, 1.54) is 0 Å². The summed E-state index contributed by atoms with van der Waals surface area (Å²) in [4.78, 5) is 11.9. The molecule has 3 nitrogen and oxygen atoms in total. The Bertz CT molecular complexity index is 402. The molecule has 0 heterocycles. The topological polar surface area (TPSA) is 35.5 Å². The van der Waals surface area contributed by atoms with Crippen LogP contribution < -0.4 is 4.74 Å². The van der Waals surface area contributed by atoms with Gasteiger partial charge in [0.25, 0.3) is 0 Å². The molecule has 0 radical (unpaired) electrons. The highest BCUT2D eigenvalue weighted by molar-refractivity contribution is 5.98. The highest BCUT2D eigenvalue weighted by Gasteiger charge is 2.15. The molecule has 1 rings (SSSR count). The van der Waals surface area contributed by atoms with E-state index in [0.29, 0.717) is 5.56 Å². The SMILES string of the molecule is COc1ccc(C(=O)COC(C)(C)C)c(C)c1. The molecule has 0 saturated heterocycles. The van der Waals surface area contributed by atoms with E-state index in [9.17, 15) is 4.79 Å². The molecule has 1 aromatic carbocycles. The number of carbonyl (C=O) groups is 1. The largest absolute Gasteiger partial charge is 0.497 e. The molecular weight excluding hydrogens is 216 g/mol. The summed E-state index contributed by atoms with van der Waals surface area (Å²) in [6.45, 7) is 7.80. The lowest BCUT2D eigenvalue weighted by molar-refractivity contribution is 0.00303. The third-order valence-electron chi connectivity index (χ3n) is 2.37. The van der Waals surface area contributed by atoms with Gasteiger partial charge in [0.15, 0.2) is 5.78 Å². The van der Waals surface area contributed by atoms with Gasteiger partial charge in [-0.05, 0) is 51.5 Å². The number of hydrogen-bond donors (Lipinski definition) is 0. The summed E-state index contributed by atoms with van der Waals surface area (Å²) in [5.74, 6) is 0.760. The predicted molar refractivity (Wildman–Crippen MR) is 67.8 cm³/mol. The van der Waals surface area contributed by atoms with Gasteiger partial charge in [0.2, 0.25) is 0 Å². The van der Waals surface area contributed by atoms with Crippen molar-refractivity contribution < 1.29 is 14.3 Å². The first-order chi connectivity index (χ1) is 7.83. The monoisotopic (exact) mass is 236 g/mol. The lowest BCUT2D eigenvalue weighted by Crippen LogP contribution is -2.24. The fourth-order valence-corrected chi connectivity index (χ4v) is 1.44. The van der Waals surface area contributed by atoms with Crippen LogP contribution in [0.3, 0.4) is 0 Å². The molecule has 0 bridgehead atoms. The Morgan fingerprint density at radius 1 is 1.29 bits per heavy atom. The number of hydrogen-bond acceptors (Lipinski definition) is 3. The van der Waals surface area contributed by atoms with Gasteiger partial charge in [0.05, 0.1) is 12.7 Å². The van der Waals surface area contributed by atoms with Crippen LogP contribution in [0.2, 0.25) is 0 Å². The summed E-state index contributed by atoms with van der Waals surface area (Å²) in [5, 5.41) is 0. The van der Waals surface area contributed by atoms with E-state index < -0.39 is 0 Å². The maximum absolute atomic E-state index is 11.9. The van der Waals surface area contributed by atoms with Crippen LogP contribution in [0.4, 0.5) is 0 Å². The van der Waals surface area contributed by atoms with Crippen molar-refractivity contribution in [2.45, 2.75) is 33.3 Å². The zero-order chi connectivity index (χ0) is 13.1. The Morgan fingerprint density at radius 2 is 1.94 bits per heavy atom. The lowest BCUT2D eigenvalue weighted by Gasteiger charge is -2.19. The van der Waals surface area contributed by atoms with E-state index in [0.717, 1.165) is 11.3 Å². The third-order valence-corrected chi connectivity index (χ3v) is 2.37. The van der Waals surface area contributed by atoms with E-state index in [-0.39, 0.29) is 18.0 Å². The van der Waals surface area contributed by atoms with Gasteiger partial charge in [-0.2, -0.15) is 0 Å². The number of rotatable bonds is 4. The van der Waals surface area contributed by atoms with Crippen molar-refractivity contribution in [1.29, 1.82) is 0 Å². The molecule has 0 aliphatic rings. The Morgan fingerprint density at radius 3 is 2.41 bits per heavy atom. The minimum absolute atomic E-state index is 0.0000723. The van der Waals surface area contributed by atoms with Crippen LogP contribution in [0.15, 0.2) is 18.2 Å². The second-order valence-corrected chi connectivity index (χ2v) is 5.01. The third kappa shape index (κ3) is 4.19. The number of benzene rings is 1. The highest BCUT2D eigenvalue weighted by Crippen LogP contribution is 2.18. The Kier molecular flexibility index (Phi) is 4.29. The second kappa shape index (κ2) is 5.32. The molecule has 0 amide bonds. The van der Waals surface area contributed by atoms with Crippen LogP contribution >= 0.6 is 0 Å². The Labute approximate surface area is 103 Å². The fourth-order valence-electron chi connectivity index (χ4n) is 1.44. The van der Waals surface area contributed by atoms with E-state index in [2.05, 4.69) is 0 Å². The minimum atomic E-state index is -0.296.